The van der Waals surface area contributed by atoms with Gasteiger partial charge in [-0.05, 0) is 0 Å². The molecule has 0 rings (SSSR count). The zero-order valence-electron chi connectivity index (χ0n) is 7.82. The van der Waals surface area contributed by atoms with Crippen LogP contribution in [0.5, 0.6) is 0 Å². The van der Waals surface area contributed by atoms with Gasteiger partial charge in [-0.15, -0.1) is 0 Å². The summed E-state index contributed by atoms with van der Waals surface area (Å²) >= 11 is 0.818. The van der Waals surface area contributed by atoms with Crippen LogP contribution >= 0.6 is 0 Å². The van der Waals surface area contributed by atoms with Gasteiger partial charge < -0.3 is 1.43 Å². The molecule has 0 aromatic carbocycles. The molecule has 0 spiro atoms. The molecule has 0 heterocycles. The van der Waals surface area contributed by atoms with Gasteiger partial charge in [0.05, 0.1) is 0 Å². The number of hydrogen-bond acceptors (Lipinski definition) is 0. The molecule has 0 unspecified atom stereocenters. The summed E-state index contributed by atoms with van der Waals surface area (Å²) in [4.78, 5) is 0. The van der Waals surface area contributed by atoms with Gasteiger partial charge in [0.15, 0.2) is 0 Å². The van der Waals surface area contributed by atoms with Crippen LogP contribution < -0.4 is 0 Å². The molecular weight excluding hydrogens is 123 g/mol. The van der Waals surface area contributed by atoms with Crippen molar-refractivity contribution in [2.24, 2.45) is 0 Å². The predicted molar refractivity (Wildman–Crippen MR) is 46.3 cm³/mol. The van der Waals surface area contributed by atoms with Crippen molar-refractivity contribution in [3.8, 4) is 0 Å². The zero-order valence-corrected chi connectivity index (χ0v) is 7.97. The second-order valence-electron chi connectivity index (χ2n) is 2.57. The van der Waals surface area contributed by atoms with Crippen molar-refractivity contribution in [3.05, 3.63) is 0 Å². The molecule has 0 amide bonds. The van der Waals surface area contributed by atoms with Crippen molar-refractivity contribution in [1.29, 1.82) is 0 Å². The van der Waals surface area contributed by atoms with E-state index in [0.29, 0.717) is 0 Å². The topological polar surface area (TPSA) is 0 Å². The van der Waals surface area contributed by atoms with E-state index in [9.17, 15) is 0 Å². The summed E-state index contributed by atoms with van der Waals surface area (Å²) < 4.78 is 0. The SMILES string of the molecule is CCC[CH2][Al+][CH2]CCC.[H-]. The number of rotatable bonds is 6. The molecule has 0 bridgehead atoms. The fraction of sp³-hybridized carbons (Fsp3) is 1.00. The van der Waals surface area contributed by atoms with E-state index in [1.54, 1.807) is 0 Å². The normalized spacial score (nSPS) is 9.11. The third-order valence-corrected chi connectivity index (χ3v) is 3.16. The molecule has 0 aliphatic heterocycles. The van der Waals surface area contributed by atoms with Crippen molar-refractivity contribution in [2.45, 2.75) is 50.1 Å². The molecule has 1 heteroatoms. The molecule has 0 saturated heterocycles. The van der Waals surface area contributed by atoms with Crippen molar-refractivity contribution < 1.29 is 1.43 Å². The summed E-state index contributed by atoms with van der Waals surface area (Å²) in [5, 5.41) is 3.08. The summed E-state index contributed by atoms with van der Waals surface area (Å²) in [6.45, 7) is 4.55. The molecule has 0 aromatic rings. The zero-order chi connectivity index (χ0) is 6.95. The molecule has 0 N–H and O–H groups in total. The first kappa shape index (κ1) is 9.53. The fourth-order valence-electron chi connectivity index (χ4n) is 0.841. The predicted octanol–water partition coefficient (Wildman–Crippen LogP) is 3.24. The Morgan fingerprint density at radius 1 is 1.00 bits per heavy atom. The van der Waals surface area contributed by atoms with Crippen LogP contribution in [0.25, 0.3) is 0 Å². The largest absolute Gasteiger partial charge is 1.00 e. The smallest absolute Gasteiger partial charge is 1.00 e. The molecule has 54 valence electrons. The third-order valence-electron chi connectivity index (χ3n) is 1.52. The quantitative estimate of drug-likeness (QED) is 0.394. The van der Waals surface area contributed by atoms with E-state index >= 15 is 0 Å². The average molecular weight is 142 g/mol. The molecule has 0 atom stereocenters. The fourth-order valence-corrected chi connectivity index (χ4v) is 2.52. The molecule has 0 aliphatic rings. The van der Waals surface area contributed by atoms with Crippen LogP contribution in [0, 0.1) is 0 Å². The Morgan fingerprint density at radius 2 is 1.44 bits per heavy atom. The molecule has 9 heavy (non-hydrogen) atoms. The molecule has 0 radical (unpaired) electrons. The van der Waals surface area contributed by atoms with E-state index < -0.39 is 0 Å². The minimum atomic E-state index is 0. The van der Waals surface area contributed by atoms with Gasteiger partial charge in [0.1, 0.15) is 0 Å². The summed E-state index contributed by atoms with van der Waals surface area (Å²) in [6.07, 6.45) is 5.72. The van der Waals surface area contributed by atoms with Gasteiger partial charge in [-0.25, -0.2) is 0 Å². The first-order chi connectivity index (χ1) is 4.41. The molecule has 0 aromatic heterocycles. The average Bonchev–Trinajstić information content (AvgIpc) is 1.89. The Kier molecular flexibility index (Phi) is 9.04. The Bertz CT molecular complexity index is 42.5. The third kappa shape index (κ3) is 8.53. The van der Waals surface area contributed by atoms with Gasteiger partial charge in [0, 0.05) is 0 Å². The first-order valence-electron chi connectivity index (χ1n) is 4.23. The molecule has 0 aliphatic carbocycles. The maximum Gasteiger partial charge on any atom is -1.00 e. The Hall–Kier alpha value is 0.532. The van der Waals surface area contributed by atoms with Crippen LogP contribution in [-0.4, -0.2) is 15.2 Å². The van der Waals surface area contributed by atoms with Crippen LogP contribution in [0.4, 0.5) is 0 Å². The van der Waals surface area contributed by atoms with E-state index in [-0.39, 0.29) is 1.43 Å². The van der Waals surface area contributed by atoms with Crippen molar-refractivity contribution in [3.63, 3.8) is 0 Å². The van der Waals surface area contributed by atoms with E-state index in [1.807, 2.05) is 0 Å². The summed E-state index contributed by atoms with van der Waals surface area (Å²) in [6, 6.07) is 0. The van der Waals surface area contributed by atoms with Crippen LogP contribution in [0.3, 0.4) is 0 Å². The van der Waals surface area contributed by atoms with Crippen molar-refractivity contribution in [1.82, 2.24) is 0 Å². The standard InChI is InChI=1S/2C4H9.Al.H/c2*1-3-4-2;;/h2*1,3-4H2,2H3;;/q;;+1;-1. The second kappa shape index (κ2) is 8.53. The Morgan fingerprint density at radius 3 is 1.78 bits per heavy atom. The number of unbranched alkanes of at least 4 members (excludes halogenated alkanes) is 2. The van der Waals surface area contributed by atoms with Crippen LogP contribution in [0.1, 0.15) is 41.0 Å². The van der Waals surface area contributed by atoms with Crippen LogP contribution in [-0.2, 0) is 0 Å². The number of hydrogen-bond donors (Lipinski definition) is 0. The summed E-state index contributed by atoms with van der Waals surface area (Å²) in [5.74, 6) is 0. The monoisotopic (exact) mass is 142 g/mol. The van der Waals surface area contributed by atoms with Crippen molar-refractivity contribution in [2.75, 3.05) is 0 Å². The van der Waals surface area contributed by atoms with Gasteiger partial charge in [-0.2, -0.15) is 0 Å². The Balaban J connectivity index is 0. The minimum Gasteiger partial charge on any atom is -1.00 e. The summed E-state index contributed by atoms with van der Waals surface area (Å²) in [7, 11) is 0. The van der Waals surface area contributed by atoms with Gasteiger partial charge in [0.25, 0.3) is 0 Å². The maximum atomic E-state index is 2.28. The van der Waals surface area contributed by atoms with Crippen LogP contribution in [0.15, 0.2) is 0 Å². The summed E-state index contributed by atoms with van der Waals surface area (Å²) in [5.41, 5.74) is 0. The molecule has 0 saturated carbocycles. The van der Waals surface area contributed by atoms with E-state index in [4.69, 9.17) is 0 Å². The molecule has 0 nitrogen and oxygen atoms in total. The first-order valence-corrected chi connectivity index (χ1v) is 5.86. The Labute approximate surface area is 67.2 Å². The maximum absolute atomic E-state index is 2.28. The van der Waals surface area contributed by atoms with Crippen molar-refractivity contribution >= 4 is 15.2 Å². The second-order valence-corrected chi connectivity index (χ2v) is 4.31. The van der Waals surface area contributed by atoms with Gasteiger partial charge in [-0.3, -0.25) is 0 Å². The molecular formula is C8H19Al. The van der Waals surface area contributed by atoms with Gasteiger partial charge in [0.2, 0.25) is 0 Å². The van der Waals surface area contributed by atoms with Gasteiger partial charge >= 0.3 is 65.3 Å². The van der Waals surface area contributed by atoms with E-state index in [2.05, 4.69) is 13.8 Å². The minimum absolute atomic E-state index is 0. The van der Waals surface area contributed by atoms with Gasteiger partial charge in [-0.1, -0.05) is 0 Å². The molecule has 0 fully saturated rings. The van der Waals surface area contributed by atoms with Crippen LogP contribution in [0.2, 0.25) is 10.6 Å². The van der Waals surface area contributed by atoms with E-state index in [0.717, 1.165) is 15.2 Å². The van der Waals surface area contributed by atoms with E-state index in [1.165, 1.54) is 36.2 Å².